The quantitative estimate of drug-likeness (QED) is 0.861. The maximum absolute atomic E-state index is 13.5. The molecule has 0 radical (unpaired) electrons. The average Bonchev–Trinajstić information content (AvgIpc) is 2.26. The number of phenolic OH excluding ortho intramolecular Hbond substituents is 1. The van der Waals surface area contributed by atoms with E-state index in [1.165, 1.54) is 18.2 Å². The molecular weight excluding hydrogens is 242 g/mol. The van der Waals surface area contributed by atoms with Gasteiger partial charge in [-0.05, 0) is 29.3 Å². The van der Waals surface area contributed by atoms with Crippen LogP contribution in [0, 0.1) is 11.6 Å². The number of carboxylic acid groups (broad SMARTS) is 1. The largest absolute Gasteiger partial charge is 0.508 e. The smallest absolute Gasteiger partial charge is 0.339 e. The molecule has 0 amide bonds. The van der Waals surface area contributed by atoms with Gasteiger partial charge in [-0.25, -0.2) is 13.6 Å². The fraction of sp³-hybridized carbons (Fsp3) is 0. The molecule has 0 aliphatic carbocycles. The summed E-state index contributed by atoms with van der Waals surface area (Å²) in [6.07, 6.45) is 0. The van der Waals surface area contributed by atoms with Gasteiger partial charge in [0.2, 0.25) is 0 Å². The first-order valence-corrected chi connectivity index (χ1v) is 5.01. The zero-order valence-electron chi connectivity index (χ0n) is 9.02. The predicted molar refractivity (Wildman–Crippen MR) is 60.4 cm³/mol. The van der Waals surface area contributed by atoms with Crippen LogP contribution in [0.3, 0.4) is 0 Å². The molecule has 18 heavy (non-hydrogen) atoms. The Hall–Kier alpha value is -2.43. The first kappa shape index (κ1) is 12.0. The van der Waals surface area contributed by atoms with E-state index in [0.29, 0.717) is 0 Å². The molecule has 0 saturated carbocycles. The van der Waals surface area contributed by atoms with Crippen LogP contribution < -0.4 is 0 Å². The lowest BCUT2D eigenvalue weighted by Crippen LogP contribution is -2.03. The van der Waals surface area contributed by atoms with Gasteiger partial charge in [-0.2, -0.15) is 0 Å². The van der Waals surface area contributed by atoms with Gasteiger partial charge in [0.15, 0.2) is 0 Å². The van der Waals surface area contributed by atoms with Crippen LogP contribution in [0.25, 0.3) is 11.1 Å². The van der Waals surface area contributed by atoms with Gasteiger partial charge >= 0.3 is 5.97 Å². The van der Waals surface area contributed by atoms with E-state index in [2.05, 4.69) is 0 Å². The highest BCUT2D eigenvalue weighted by atomic mass is 19.1. The summed E-state index contributed by atoms with van der Waals surface area (Å²) in [5.41, 5.74) is -0.441. The average molecular weight is 250 g/mol. The summed E-state index contributed by atoms with van der Waals surface area (Å²) in [5.74, 6) is -3.45. The molecule has 0 aromatic heterocycles. The van der Waals surface area contributed by atoms with Gasteiger partial charge in [0.25, 0.3) is 0 Å². The van der Waals surface area contributed by atoms with Crippen LogP contribution in [0.5, 0.6) is 5.75 Å². The van der Waals surface area contributed by atoms with Crippen LogP contribution in [-0.4, -0.2) is 16.2 Å². The minimum absolute atomic E-state index is 0.0114. The third-order valence-electron chi connectivity index (χ3n) is 2.42. The van der Waals surface area contributed by atoms with E-state index in [0.717, 1.165) is 18.2 Å². The third kappa shape index (κ3) is 2.15. The lowest BCUT2D eigenvalue weighted by Gasteiger charge is -2.08. The Bertz CT molecular complexity index is 603. The number of carboxylic acids is 1. The Kier molecular flexibility index (Phi) is 2.97. The molecule has 0 atom stereocenters. The molecule has 0 unspecified atom stereocenters. The summed E-state index contributed by atoms with van der Waals surface area (Å²) in [5, 5.41) is 18.2. The Labute approximate surface area is 101 Å². The number of carbonyl (C=O) groups is 1. The lowest BCUT2D eigenvalue weighted by molar-refractivity contribution is 0.0693. The number of aromatic hydroxyl groups is 1. The second kappa shape index (κ2) is 4.44. The van der Waals surface area contributed by atoms with Gasteiger partial charge in [0.05, 0.1) is 0 Å². The van der Waals surface area contributed by atoms with E-state index in [1.807, 2.05) is 0 Å². The van der Waals surface area contributed by atoms with Crippen LogP contribution in [-0.2, 0) is 0 Å². The molecule has 2 N–H and O–H groups in total. The molecule has 3 nitrogen and oxygen atoms in total. The molecule has 5 heteroatoms. The molecular formula is C13H8F2O3. The van der Waals surface area contributed by atoms with E-state index < -0.39 is 23.2 Å². The molecule has 2 aromatic rings. The normalized spacial score (nSPS) is 10.3. The molecule has 0 saturated heterocycles. The van der Waals surface area contributed by atoms with Crippen molar-refractivity contribution in [2.75, 3.05) is 0 Å². The summed E-state index contributed by atoms with van der Waals surface area (Å²) in [6.45, 7) is 0. The van der Waals surface area contributed by atoms with Gasteiger partial charge in [0.1, 0.15) is 22.9 Å². The van der Waals surface area contributed by atoms with Gasteiger partial charge in [-0.15, -0.1) is 0 Å². The molecule has 0 spiro atoms. The highest BCUT2D eigenvalue weighted by Crippen LogP contribution is 2.29. The van der Waals surface area contributed by atoms with Crippen LogP contribution in [0.15, 0.2) is 36.4 Å². The minimum Gasteiger partial charge on any atom is -0.508 e. The Morgan fingerprint density at radius 3 is 2.44 bits per heavy atom. The number of phenols is 1. The number of aromatic carboxylic acids is 1. The van der Waals surface area contributed by atoms with Crippen molar-refractivity contribution in [3.8, 4) is 16.9 Å². The van der Waals surface area contributed by atoms with Crippen LogP contribution in [0.1, 0.15) is 10.4 Å². The number of rotatable bonds is 2. The topological polar surface area (TPSA) is 57.5 Å². The van der Waals surface area contributed by atoms with E-state index in [4.69, 9.17) is 5.11 Å². The maximum atomic E-state index is 13.5. The number of hydrogen-bond donors (Lipinski definition) is 2. The standard InChI is InChI=1S/C13H8F2O3/c14-8-4-7(5-9(16)6-8)10-2-1-3-11(15)12(10)13(17)18/h1-6,16H,(H,17,18). The Morgan fingerprint density at radius 2 is 1.83 bits per heavy atom. The number of benzene rings is 2. The van der Waals surface area contributed by atoms with E-state index in [1.54, 1.807) is 0 Å². The molecule has 2 rings (SSSR count). The number of halogens is 2. The number of hydrogen-bond acceptors (Lipinski definition) is 2. The van der Waals surface area contributed by atoms with E-state index in [-0.39, 0.29) is 16.9 Å². The van der Waals surface area contributed by atoms with Crippen LogP contribution in [0.4, 0.5) is 8.78 Å². The van der Waals surface area contributed by atoms with Crippen molar-refractivity contribution < 1.29 is 23.8 Å². The van der Waals surface area contributed by atoms with Crippen molar-refractivity contribution in [1.82, 2.24) is 0 Å². The zero-order chi connectivity index (χ0) is 13.3. The zero-order valence-corrected chi connectivity index (χ0v) is 9.02. The fourth-order valence-electron chi connectivity index (χ4n) is 1.71. The van der Waals surface area contributed by atoms with Crippen molar-refractivity contribution in [3.63, 3.8) is 0 Å². The third-order valence-corrected chi connectivity index (χ3v) is 2.42. The van der Waals surface area contributed by atoms with E-state index in [9.17, 15) is 18.7 Å². The van der Waals surface area contributed by atoms with Gasteiger partial charge in [-0.3, -0.25) is 0 Å². The van der Waals surface area contributed by atoms with Crippen LogP contribution >= 0.6 is 0 Å². The minimum atomic E-state index is -1.45. The molecule has 0 aliphatic heterocycles. The monoisotopic (exact) mass is 250 g/mol. The highest BCUT2D eigenvalue weighted by molar-refractivity contribution is 5.96. The van der Waals surface area contributed by atoms with Gasteiger partial charge in [-0.1, -0.05) is 12.1 Å². The van der Waals surface area contributed by atoms with Gasteiger partial charge < -0.3 is 10.2 Å². The predicted octanol–water partition coefficient (Wildman–Crippen LogP) is 3.04. The molecule has 0 bridgehead atoms. The molecule has 2 aromatic carbocycles. The first-order chi connectivity index (χ1) is 8.49. The van der Waals surface area contributed by atoms with Crippen molar-refractivity contribution in [1.29, 1.82) is 0 Å². The SMILES string of the molecule is O=C(O)c1c(F)cccc1-c1cc(O)cc(F)c1. The van der Waals surface area contributed by atoms with Crippen molar-refractivity contribution in [3.05, 3.63) is 53.6 Å². The second-order valence-electron chi connectivity index (χ2n) is 3.67. The molecule has 0 aliphatic rings. The first-order valence-electron chi connectivity index (χ1n) is 5.01. The lowest BCUT2D eigenvalue weighted by atomic mass is 9.99. The summed E-state index contributed by atoms with van der Waals surface area (Å²) >= 11 is 0. The molecule has 92 valence electrons. The highest BCUT2D eigenvalue weighted by Gasteiger charge is 2.17. The Morgan fingerprint density at radius 1 is 1.11 bits per heavy atom. The summed E-state index contributed by atoms with van der Waals surface area (Å²) in [6, 6.07) is 6.75. The van der Waals surface area contributed by atoms with Crippen molar-refractivity contribution >= 4 is 5.97 Å². The molecule has 0 fully saturated rings. The molecule has 0 heterocycles. The van der Waals surface area contributed by atoms with Crippen LogP contribution in [0.2, 0.25) is 0 Å². The fourth-order valence-corrected chi connectivity index (χ4v) is 1.71. The van der Waals surface area contributed by atoms with Crippen molar-refractivity contribution in [2.45, 2.75) is 0 Å². The van der Waals surface area contributed by atoms with Crippen molar-refractivity contribution in [2.24, 2.45) is 0 Å². The summed E-state index contributed by atoms with van der Waals surface area (Å²) in [7, 11) is 0. The van der Waals surface area contributed by atoms with Gasteiger partial charge in [0, 0.05) is 6.07 Å². The maximum Gasteiger partial charge on any atom is 0.339 e. The summed E-state index contributed by atoms with van der Waals surface area (Å²) in [4.78, 5) is 11.0. The summed E-state index contributed by atoms with van der Waals surface area (Å²) < 4.78 is 26.6. The Balaban J connectivity index is 2.71. The second-order valence-corrected chi connectivity index (χ2v) is 3.67. The van der Waals surface area contributed by atoms with E-state index >= 15 is 0 Å².